The highest BCUT2D eigenvalue weighted by Crippen LogP contribution is 2.26. The molecule has 0 unspecified atom stereocenters. The van der Waals surface area contributed by atoms with Crippen molar-refractivity contribution >= 4 is 46.4 Å². The van der Waals surface area contributed by atoms with Crippen molar-refractivity contribution < 1.29 is 9.59 Å². The third kappa shape index (κ3) is 4.73. The molecule has 2 aromatic rings. The SMILES string of the molecule is CC(=O)N(CC(=O)Nc1cc(C)ccc1C)c1cc(Cl)cc(Cl)c1. The van der Waals surface area contributed by atoms with E-state index in [1.54, 1.807) is 18.2 Å². The van der Waals surface area contributed by atoms with Crippen LogP contribution in [0.25, 0.3) is 0 Å². The van der Waals surface area contributed by atoms with Crippen LogP contribution in [0.2, 0.25) is 10.0 Å². The molecule has 0 saturated carbocycles. The number of benzene rings is 2. The zero-order valence-corrected chi connectivity index (χ0v) is 15.2. The van der Waals surface area contributed by atoms with Crippen LogP contribution < -0.4 is 10.2 Å². The first-order chi connectivity index (χ1) is 11.3. The number of nitrogens with one attached hydrogen (secondary N) is 1. The van der Waals surface area contributed by atoms with Crippen LogP contribution in [-0.2, 0) is 9.59 Å². The van der Waals surface area contributed by atoms with Gasteiger partial charge in [-0.25, -0.2) is 0 Å². The molecular weight excluding hydrogens is 347 g/mol. The van der Waals surface area contributed by atoms with Crippen molar-refractivity contribution in [3.63, 3.8) is 0 Å². The molecule has 2 aromatic carbocycles. The number of amides is 2. The molecule has 0 aromatic heterocycles. The number of hydrogen-bond donors (Lipinski definition) is 1. The van der Waals surface area contributed by atoms with E-state index in [1.165, 1.54) is 11.8 Å². The Morgan fingerprint density at radius 1 is 1.04 bits per heavy atom. The average molecular weight is 365 g/mol. The Morgan fingerprint density at radius 2 is 1.67 bits per heavy atom. The van der Waals surface area contributed by atoms with Crippen LogP contribution in [0.1, 0.15) is 18.1 Å². The number of carbonyl (C=O) groups is 2. The van der Waals surface area contributed by atoms with E-state index in [9.17, 15) is 9.59 Å². The van der Waals surface area contributed by atoms with Crippen molar-refractivity contribution in [2.24, 2.45) is 0 Å². The lowest BCUT2D eigenvalue weighted by molar-refractivity contribution is -0.120. The van der Waals surface area contributed by atoms with Gasteiger partial charge in [0.05, 0.1) is 0 Å². The highest BCUT2D eigenvalue weighted by molar-refractivity contribution is 6.35. The maximum absolute atomic E-state index is 12.4. The lowest BCUT2D eigenvalue weighted by Gasteiger charge is -2.21. The molecule has 0 heterocycles. The largest absolute Gasteiger partial charge is 0.324 e. The Labute approximate surface area is 151 Å². The van der Waals surface area contributed by atoms with Crippen molar-refractivity contribution in [3.8, 4) is 0 Å². The Kier molecular flexibility index (Phi) is 5.86. The summed E-state index contributed by atoms with van der Waals surface area (Å²) < 4.78 is 0. The smallest absolute Gasteiger partial charge is 0.244 e. The number of nitrogens with zero attached hydrogens (tertiary/aromatic N) is 1. The summed E-state index contributed by atoms with van der Waals surface area (Å²) in [7, 11) is 0. The van der Waals surface area contributed by atoms with Crippen molar-refractivity contribution in [2.45, 2.75) is 20.8 Å². The number of carbonyl (C=O) groups excluding carboxylic acids is 2. The van der Waals surface area contributed by atoms with Crippen LogP contribution in [0.5, 0.6) is 0 Å². The van der Waals surface area contributed by atoms with Crippen molar-refractivity contribution in [2.75, 3.05) is 16.8 Å². The van der Waals surface area contributed by atoms with Gasteiger partial charge in [0.1, 0.15) is 6.54 Å². The van der Waals surface area contributed by atoms with E-state index in [0.29, 0.717) is 15.7 Å². The van der Waals surface area contributed by atoms with Gasteiger partial charge in [0.25, 0.3) is 0 Å². The highest BCUT2D eigenvalue weighted by Gasteiger charge is 2.17. The molecule has 0 aliphatic carbocycles. The number of halogens is 2. The second kappa shape index (κ2) is 7.69. The van der Waals surface area contributed by atoms with E-state index >= 15 is 0 Å². The second-order valence-electron chi connectivity index (χ2n) is 5.60. The monoisotopic (exact) mass is 364 g/mol. The third-order valence-electron chi connectivity index (χ3n) is 3.51. The maximum atomic E-state index is 12.4. The lowest BCUT2D eigenvalue weighted by Crippen LogP contribution is -2.36. The van der Waals surface area contributed by atoms with Crippen LogP contribution >= 0.6 is 23.2 Å². The lowest BCUT2D eigenvalue weighted by atomic mass is 10.1. The van der Waals surface area contributed by atoms with Crippen LogP contribution in [-0.4, -0.2) is 18.4 Å². The van der Waals surface area contributed by atoms with Crippen molar-refractivity contribution in [1.29, 1.82) is 0 Å². The fraction of sp³-hybridized carbons (Fsp3) is 0.222. The van der Waals surface area contributed by atoms with Crippen LogP contribution in [0.15, 0.2) is 36.4 Å². The summed E-state index contributed by atoms with van der Waals surface area (Å²) in [5.41, 5.74) is 3.21. The molecule has 6 heteroatoms. The first-order valence-corrected chi connectivity index (χ1v) is 8.13. The summed E-state index contributed by atoms with van der Waals surface area (Å²) in [4.78, 5) is 25.6. The first kappa shape index (κ1) is 18.3. The quantitative estimate of drug-likeness (QED) is 0.861. The van der Waals surface area contributed by atoms with Gasteiger partial charge >= 0.3 is 0 Å². The fourth-order valence-electron chi connectivity index (χ4n) is 2.28. The molecule has 0 fully saturated rings. The molecule has 0 atom stereocenters. The predicted octanol–water partition coefficient (Wildman–Crippen LogP) is 4.60. The van der Waals surface area contributed by atoms with E-state index in [0.717, 1.165) is 16.8 Å². The topological polar surface area (TPSA) is 49.4 Å². The predicted molar refractivity (Wildman–Crippen MR) is 99.0 cm³/mol. The van der Waals surface area contributed by atoms with Gasteiger partial charge in [-0.2, -0.15) is 0 Å². The Balaban J connectivity index is 2.20. The minimum absolute atomic E-state index is 0.126. The number of aryl methyl sites for hydroxylation is 2. The summed E-state index contributed by atoms with van der Waals surface area (Å²) >= 11 is 12.0. The Morgan fingerprint density at radius 3 is 2.25 bits per heavy atom. The molecule has 0 aliphatic rings. The average Bonchev–Trinajstić information content (AvgIpc) is 2.47. The van der Waals surface area contributed by atoms with Crippen LogP contribution in [0.4, 0.5) is 11.4 Å². The molecule has 126 valence electrons. The normalized spacial score (nSPS) is 10.4. The van der Waals surface area contributed by atoms with E-state index in [2.05, 4.69) is 5.32 Å². The first-order valence-electron chi connectivity index (χ1n) is 7.37. The van der Waals surface area contributed by atoms with Gasteiger partial charge < -0.3 is 10.2 Å². The summed E-state index contributed by atoms with van der Waals surface area (Å²) in [5.74, 6) is -0.570. The van der Waals surface area contributed by atoms with Gasteiger partial charge in [-0.05, 0) is 49.2 Å². The Hall–Kier alpha value is -2.04. The number of hydrogen-bond acceptors (Lipinski definition) is 2. The maximum Gasteiger partial charge on any atom is 0.244 e. The molecule has 4 nitrogen and oxygen atoms in total. The van der Waals surface area contributed by atoms with Gasteiger partial charge in [0.2, 0.25) is 11.8 Å². The molecule has 0 spiro atoms. The molecule has 1 N–H and O–H groups in total. The summed E-state index contributed by atoms with van der Waals surface area (Å²) in [6.45, 7) is 5.12. The fourth-order valence-corrected chi connectivity index (χ4v) is 2.80. The van der Waals surface area contributed by atoms with E-state index in [1.807, 2.05) is 32.0 Å². The van der Waals surface area contributed by atoms with Crippen LogP contribution in [0.3, 0.4) is 0 Å². The minimum Gasteiger partial charge on any atom is -0.324 e. The number of rotatable bonds is 4. The van der Waals surface area contributed by atoms with Gasteiger partial charge in [-0.1, -0.05) is 35.3 Å². The molecular formula is C18H18Cl2N2O2. The van der Waals surface area contributed by atoms with E-state index in [4.69, 9.17) is 23.2 Å². The molecule has 2 amide bonds. The molecule has 0 radical (unpaired) electrons. The van der Waals surface area contributed by atoms with Crippen molar-refractivity contribution in [3.05, 3.63) is 57.6 Å². The summed E-state index contributed by atoms with van der Waals surface area (Å²) in [5, 5.41) is 3.64. The van der Waals surface area contributed by atoms with Gasteiger partial charge in [0.15, 0.2) is 0 Å². The van der Waals surface area contributed by atoms with Gasteiger partial charge in [0, 0.05) is 28.3 Å². The van der Waals surface area contributed by atoms with E-state index < -0.39 is 0 Å². The third-order valence-corrected chi connectivity index (χ3v) is 3.94. The molecule has 2 rings (SSSR count). The summed E-state index contributed by atoms with van der Waals surface area (Å²) in [6, 6.07) is 10.6. The number of anilines is 2. The Bertz CT molecular complexity index is 770. The van der Waals surface area contributed by atoms with Crippen molar-refractivity contribution in [1.82, 2.24) is 0 Å². The highest BCUT2D eigenvalue weighted by atomic mass is 35.5. The molecule has 0 saturated heterocycles. The minimum atomic E-state index is -0.296. The summed E-state index contributed by atoms with van der Waals surface area (Å²) in [6.07, 6.45) is 0. The molecule has 0 bridgehead atoms. The zero-order chi connectivity index (χ0) is 17.9. The molecule has 24 heavy (non-hydrogen) atoms. The standard InChI is InChI=1S/C18H18Cl2N2O2/c1-11-4-5-12(2)17(6-11)21-18(24)10-22(13(3)23)16-8-14(19)7-15(20)9-16/h4-9H,10H2,1-3H3,(H,21,24). The van der Waals surface area contributed by atoms with Gasteiger partial charge in [-0.15, -0.1) is 0 Å². The van der Waals surface area contributed by atoms with Gasteiger partial charge in [-0.3, -0.25) is 9.59 Å². The zero-order valence-electron chi connectivity index (χ0n) is 13.7. The van der Waals surface area contributed by atoms with E-state index in [-0.39, 0.29) is 18.4 Å². The van der Waals surface area contributed by atoms with Crippen LogP contribution in [0, 0.1) is 13.8 Å². The second-order valence-corrected chi connectivity index (χ2v) is 6.47. The molecule has 0 aliphatic heterocycles.